The lowest BCUT2D eigenvalue weighted by atomic mass is 10.1. The zero-order valence-electron chi connectivity index (χ0n) is 12.0. The highest BCUT2D eigenvalue weighted by Gasteiger charge is 2.26. The standard InChI is InChI=1S/C15H21NO4S/c17-15(11-14-12-21(18,19)10-8-16-14)20-9-4-7-13-5-2-1-3-6-13/h1-3,5-6,14,16H,4,7-12H2. The van der Waals surface area contributed by atoms with Crippen LogP contribution in [0, 0.1) is 0 Å². The van der Waals surface area contributed by atoms with Gasteiger partial charge in [-0.1, -0.05) is 30.3 Å². The Morgan fingerprint density at radius 1 is 1.29 bits per heavy atom. The molecule has 21 heavy (non-hydrogen) atoms. The summed E-state index contributed by atoms with van der Waals surface area (Å²) in [6, 6.07) is 9.70. The highest BCUT2D eigenvalue weighted by molar-refractivity contribution is 7.91. The van der Waals surface area contributed by atoms with Gasteiger partial charge in [0, 0.05) is 12.6 Å². The van der Waals surface area contributed by atoms with Crippen molar-refractivity contribution in [3.05, 3.63) is 35.9 Å². The van der Waals surface area contributed by atoms with Gasteiger partial charge in [0.1, 0.15) is 0 Å². The van der Waals surface area contributed by atoms with Crippen LogP contribution in [0.1, 0.15) is 18.4 Å². The lowest BCUT2D eigenvalue weighted by Crippen LogP contribution is -2.46. The number of rotatable bonds is 6. The molecule has 0 bridgehead atoms. The van der Waals surface area contributed by atoms with E-state index in [-0.39, 0.29) is 29.9 Å². The molecule has 1 aromatic carbocycles. The van der Waals surface area contributed by atoms with Gasteiger partial charge in [0.05, 0.1) is 24.5 Å². The fourth-order valence-electron chi connectivity index (χ4n) is 2.37. The summed E-state index contributed by atoms with van der Waals surface area (Å²) < 4.78 is 28.1. The Morgan fingerprint density at radius 2 is 2.05 bits per heavy atom. The van der Waals surface area contributed by atoms with E-state index in [0.29, 0.717) is 13.2 Å². The quantitative estimate of drug-likeness (QED) is 0.625. The van der Waals surface area contributed by atoms with Gasteiger partial charge in [-0.25, -0.2) is 8.42 Å². The molecule has 0 saturated carbocycles. The van der Waals surface area contributed by atoms with Crippen molar-refractivity contribution in [3.63, 3.8) is 0 Å². The lowest BCUT2D eigenvalue weighted by Gasteiger charge is -2.22. The predicted molar refractivity (Wildman–Crippen MR) is 80.8 cm³/mol. The molecule has 0 aromatic heterocycles. The summed E-state index contributed by atoms with van der Waals surface area (Å²) in [6.45, 7) is 0.779. The lowest BCUT2D eigenvalue weighted by molar-refractivity contribution is -0.144. The Balaban J connectivity index is 1.64. The Morgan fingerprint density at radius 3 is 2.76 bits per heavy atom. The molecule has 1 atom stereocenters. The summed E-state index contributed by atoms with van der Waals surface area (Å²) in [7, 11) is -3.01. The number of carbonyl (C=O) groups is 1. The minimum Gasteiger partial charge on any atom is -0.466 e. The Hall–Kier alpha value is -1.40. The summed E-state index contributed by atoms with van der Waals surface area (Å²) >= 11 is 0. The van der Waals surface area contributed by atoms with Crippen molar-refractivity contribution in [3.8, 4) is 0 Å². The number of nitrogens with one attached hydrogen (secondary N) is 1. The molecule has 0 radical (unpaired) electrons. The molecular weight excluding hydrogens is 290 g/mol. The second-order valence-corrected chi connectivity index (χ2v) is 7.51. The molecule has 116 valence electrons. The van der Waals surface area contributed by atoms with Gasteiger partial charge in [-0.05, 0) is 18.4 Å². The van der Waals surface area contributed by atoms with Crippen LogP contribution < -0.4 is 5.32 Å². The third-order valence-electron chi connectivity index (χ3n) is 3.43. The molecule has 5 nitrogen and oxygen atoms in total. The van der Waals surface area contributed by atoms with Crippen molar-refractivity contribution in [2.75, 3.05) is 24.7 Å². The molecule has 0 aliphatic carbocycles. The summed E-state index contributed by atoms with van der Waals surface area (Å²) in [4.78, 5) is 11.7. The average molecular weight is 311 g/mol. The van der Waals surface area contributed by atoms with Gasteiger partial charge in [0.25, 0.3) is 0 Å². The van der Waals surface area contributed by atoms with Crippen LogP contribution in [0.2, 0.25) is 0 Å². The maximum atomic E-state index is 11.7. The number of benzene rings is 1. The van der Waals surface area contributed by atoms with Crippen LogP contribution in [0.4, 0.5) is 0 Å². The Kier molecular flexibility index (Phi) is 5.76. The Bertz CT molecular complexity index is 556. The fourth-order valence-corrected chi connectivity index (χ4v) is 3.81. The molecule has 1 heterocycles. The van der Waals surface area contributed by atoms with E-state index in [0.717, 1.165) is 12.8 Å². The fraction of sp³-hybridized carbons (Fsp3) is 0.533. The van der Waals surface area contributed by atoms with Crippen LogP contribution in [0.15, 0.2) is 30.3 Å². The molecule has 1 aliphatic heterocycles. The van der Waals surface area contributed by atoms with Gasteiger partial charge < -0.3 is 10.1 Å². The second-order valence-electron chi connectivity index (χ2n) is 5.28. The molecule has 0 spiro atoms. The monoisotopic (exact) mass is 311 g/mol. The molecule has 1 fully saturated rings. The molecule has 1 aromatic rings. The van der Waals surface area contributed by atoms with E-state index < -0.39 is 9.84 Å². The van der Waals surface area contributed by atoms with E-state index in [1.54, 1.807) is 0 Å². The molecular formula is C15H21NO4S. The summed E-state index contributed by atoms with van der Waals surface area (Å²) in [5.41, 5.74) is 1.22. The van der Waals surface area contributed by atoms with Gasteiger partial charge in [-0.3, -0.25) is 4.79 Å². The normalized spacial score (nSPS) is 20.9. The molecule has 1 N–H and O–H groups in total. The summed E-state index contributed by atoms with van der Waals surface area (Å²) in [5, 5.41) is 3.04. The third kappa shape index (κ3) is 5.85. The first-order valence-corrected chi connectivity index (χ1v) is 9.01. The van der Waals surface area contributed by atoms with Gasteiger partial charge >= 0.3 is 5.97 Å². The summed E-state index contributed by atoms with van der Waals surface area (Å²) in [6.07, 6.45) is 1.75. The van der Waals surface area contributed by atoms with Gasteiger partial charge in [-0.2, -0.15) is 0 Å². The van der Waals surface area contributed by atoms with Crippen molar-refractivity contribution in [2.24, 2.45) is 0 Å². The van der Waals surface area contributed by atoms with Crippen LogP contribution in [0.3, 0.4) is 0 Å². The maximum absolute atomic E-state index is 11.7. The van der Waals surface area contributed by atoms with Crippen LogP contribution >= 0.6 is 0 Å². The highest BCUT2D eigenvalue weighted by atomic mass is 32.2. The van der Waals surface area contributed by atoms with Crippen LogP contribution in [-0.4, -0.2) is 45.1 Å². The largest absolute Gasteiger partial charge is 0.466 e. The van der Waals surface area contributed by atoms with Crippen molar-refractivity contribution in [2.45, 2.75) is 25.3 Å². The van der Waals surface area contributed by atoms with Crippen molar-refractivity contribution in [1.29, 1.82) is 0 Å². The van der Waals surface area contributed by atoms with Crippen LogP contribution in [-0.2, 0) is 25.8 Å². The number of hydrogen-bond acceptors (Lipinski definition) is 5. The van der Waals surface area contributed by atoms with E-state index in [4.69, 9.17) is 4.74 Å². The number of esters is 1. The first kappa shape index (κ1) is 16.0. The maximum Gasteiger partial charge on any atom is 0.307 e. The minimum absolute atomic E-state index is 0.0200. The number of aryl methyl sites for hydroxylation is 1. The topological polar surface area (TPSA) is 72.5 Å². The predicted octanol–water partition coefficient (Wildman–Crippen LogP) is 0.939. The second kappa shape index (κ2) is 7.56. The summed E-state index contributed by atoms with van der Waals surface area (Å²) in [5.74, 6) is -0.167. The number of sulfone groups is 1. The van der Waals surface area contributed by atoms with Crippen molar-refractivity contribution in [1.82, 2.24) is 5.32 Å². The number of hydrogen-bond donors (Lipinski definition) is 1. The first-order valence-electron chi connectivity index (χ1n) is 7.18. The van der Waals surface area contributed by atoms with E-state index in [1.807, 2.05) is 30.3 Å². The van der Waals surface area contributed by atoms with Gasteiger partial charge in [0.2, 0.25) is 0 Å². The van der Waals surface area contributed by atoms with E-state index in [9.17, 15) is 13.2 Å². The molecule has 1 saturated heterocycles. The molecule has 1 aliphatic rings. The smallest absolute Gasteiger partial charge is 0.307 e. The van der Waals surface area contributed by atoms with Gasteiger partial charge in [-0.15, -0.1) is 0 Å². The van der Waals surface area contributed by atoms with Crippen LogP contribution in [0.5, 0.6) is 0 Å². The zero-order chi connectivity index (χ0) is 15.1. The SMILES string of the molecule is O=C(CC1CS(=O)(=O)CCN1)OCCCc1ccccc1. The van der Waals surface area contributed by atoms with E-state index in [2.05, 4.69) is 5.32 Å². The molecule has 0 amide bonds. The van der Waals surface area contributed by atoms with Crippen molar-refractivity contribution >= 4 is 15.8 Å². The van der Waals surface area contributed by atoms with Crippen molar-refractivity contribution < 1.29 is 17.9 Å². The number of carbonyl (C=O) groups excluding carboxylic acids is 1. The third-order valence-corrected chi connectivity index (χ3v) is 5.17. The number of ether oxygens (including phenoxy) is 1. The zero-order valence-corrected chi connectivity index (χ0v) is 12.8. The van der Waals surface area contributed by atoms with E-state index >= 15 is 0 Å². The molecule has 2 rings (SSSR count). The van der Waals surface area contributed by atoms with Crippen LogP contribution in [0.25, 0.3) is 0 Å². The first-order chi connectivity index (χ1) is 10.1. The van der Waals surface area contributed by atoms with Gasteiger partial charge in [0.15, 0.2) is 9.84 Å². The molecule has 6 heteroatoms. The Labute approximate surface area is 125 Å². The average Bonchev–Trinajstić information content (AvgIpc) is 2.44. The van der Waals surface area contributed by atoms with E-state index in [1.165, 1.54) is 5.56 Å². The highest BCUT2D eigenvalue weighted by Crippen LogP contribution is 2.07. The molecule has 1 unspecified atom stereocenters. The minimum atomic E-state index is -3.01.